The number of carbonyl (C=O) groups is 3. The van der Waals surface area contributed by atoms with Crippen molar-refractivity contribution in [2.24, 2.45) is 22.7 Å². The molecule has 3 aliphatic rings. The molecule has 0 amide bonds. The topological polar surface area (TPSA) is 132 Å². The van der Waals surface area contributed by atoms with Crippen LogP contribution in [-0.2, 0) is 22.4 Å². The summed E-state index contributed by atoms with van der Waals surface area (Å²) >= 11 is 0. The SMILES string of the molecule is C=C(CCC)Cc1cccc(-c2ccc(O)c3c2C[C@]2(C)C[C@]4(C)C(C(C)C)C(O)=C(C(C)=O)C(=O)[C@]4(O)C(O)=C2C3=O)c1. The number of hydrogen-bond donors (Lipinski definition) is 4. The van der Waals surface area contributed by atoms with Gasteiger partial charge in [0.25, 0.3) is 0 Å². The largest absolute Gasteiger partial charge is 0.511 e. The van der Waals surface area contributed by atoms with E-state index in [4.69, 9.17) is 0 Å². The summed E-state index contributed by atoms with van der Waals surface area (Å²) in [6.45, 7) is 14.5. The number of phenols is 1. The molecular formula is C37H42O7. The molecule has 1 unspecified atom stereocenters. The molecule has 0 saturated carbocycles. The van der Waals surface area contributed by atoms with Gasteiger partial charge in [-0.1, -0.05) is 83.5 Å². The fourth-order valence-corrected chi connectivity index (χ4v) is 8.58. The van der Waals surface area contributed by atoms with E-state index in [1.807, 2.05) is 39.0 Å². The molecule has 7 nitrogen and oxygen atoms in total. The minimum atomic E-state index is -2.63. The van der Waals surface area contributed by atoms with Crippen molar-refractivity contribution in [1.82, 2.24) is 0 Å². The van der Waals surface area contributed by atoms with Crippen molar-refractivity contribution >= 4 is 17.3 Å². The first-order valence-electron chi connectivity index (χ1n) is 15.3. The maximum absolute atomic E-state index is 14.3. The summed E-state index contributed by atoms with van der Waals surface area (Å²) in [6.07, 6.45) is 2.93. The Hall–Kier alpha value is -3.97. The van der Waals surface area contributed by atoms with Crippen molar-refractivity contribution in [3.05, 3.63) is 87.9 Å². The van der Waals surface area contributed by atoms with Gasteiger partial charge in [-0.05, 0) is 66.8 Å². The Morgan fingerprint density at radius 1 is 1.09 bits per heavy atom. The summed E-state index contributed by atoms with van der Waals surface area (Å²) in [7, 11) is 0. The number of aliphatic hydroxyl groups excluding tert-OH is 2. The predicted octanol–water partition coefficient (Wildman–Crippen LogP) is 6.91. The number of carbonyl (C=O) groups excluding carboxylic acids is 3. The fourth-order valence-electron chi connectivity index (χ4n) is 8.58. The highest BCUT2D eigenvalue weighted by Crippen LogP contribution is 2.65. The van der Waals surface area contributed by atoms with Crippen LogP contribution in [0.4, 0.5) is 0 Å². The van der Waals surface area contributed by atoms with E-state index in [0.717, 1.165) is 48.4 Å². The van der Waals surface area contributed by atoms with Crippen LogP contribution in [0, 0.1) is 22.7 Å². The second-order valence-corrected chi connectivity index (χ2v) is 13.8. The van der Waals surface area contributed by atoms with Crippen molar-refractivity contribution in [2.45, 2.75) is 79.2 Å². The van der Waals surface area contributed by atoms with Crippen LogP contribution in [0.15, 0.2) is 71.2 Å². The molecule has 2 aromatic carbocycles. The zero-order chi connectivity index (χ0) is 32.5. The third-order valence-corrected chi connectivity index (χ3v) is 10.2. The summed E-state index contributed by atoms with van der Waals surface area (Å²) < 4.78 is 0. The highest BCUT2D eigenvalue weighted by Gasteiger charge is 2.71. The standard InChI is InChI=1S/C37H42O7/c1-8-10-20(4)15-22-11-9-12-23(16-22)24-13-14-26(39)28-25(24)17-35(6)18-36(7)29(19(2)3)31(40)27(21(5)38)33(42)37(36,44)34(43)30(35)32(28)41/h9,11-14,16,19,29,39-40,43-44H,4,8,10,15,17-18H2,1-3,5-7H3/t29?,35-,36-,37+/m1/s1. The zero-order valence-electron chi connectivity index (χ0n) is 26.4. The molecule has 0 aromatic heterocycles. The molecule has 232 valence electrons. The van der Waals surface area contributed by atoms with Crippen molar-refractivity contribution < 1.29 is 34.8 Å². The van der Waals surface area contributed by atoms with E-state index in [9.17, 15) is 34.8 Å². The van der Waals surface area contributed by atoms with Gasteiger partial charge in [0.05, 0.1) is 5.56 Å². The third kappa shape index (κ3) is 4.31. The van der Waals surface area contributed by atoms with E-state index in [2.05, 4.69) is 19.6 Å². The average Bonchev–Trinajstić information content (AvgIpc) is 2.90. The van der Waals surface area contributed by atoms with Crippen LogP contribution in [-0.4, -0.2) is 43.4 Å². The van der Waals surface area contributed by atoms with Gasteiger partial charge in [0.15, 0.2) is 17.2 Å². The number of aliphatic hydroxyl groups is 3. The number of hydrogen-bond acceptors (Lipinski definition) is 7. The Morgan fingerprint density at radius 2 is 1.77 bits per heavy atom. The number of phenolic OH excluding ortho intramolecular Hbond substituents is 1. The fraction of sp³-hybridized carbons (Fsp3) is 0.432. The van der Waals surface area contributed by atoms with Gasteiger partial charge in [-0.15, -0.1) is 0 Å². The first-order valence-corrected chi connectivity index (χ1v) is 15.3. The van der Waals surface area contributed by atoms with Gasteiger partial charge in [-0.3, -0.25) is 14.4 Å². The monoisotopic (exact) mass is 598 g/mol. The molecular weight excluding hydrogens is 556 g/mol. The predicted molar refractivity (Wildman–Crippen MR) is 168 cm³/mol. The molecule has 0 saturated heterocycles. The van der Waals surface area contributed by atoms with Crippen molar-refractivity contribution in [2.75, 3.05) is 0 Å². The lowest BCUT2D eigenvalue weighted by atomic mass is 9.44. The Morgan fingerprint density at radius 3 is 2.39 bits per heavy atom. The van der Waals surface area contributed by atoms with E-state index in [1.54, 1.807) is 13.0 Å². The Labute approximate surface area is 258 Å². The second-order valence-electron chi connectivity index (χ2n) is 13.8. The smallest absolute Gasteiger partial charge is 0.209 e. The Kier molecular flexibility index (Phi) is 7.57. The number of allylic oxidation sites excluding steroid dienone is 3. The van der Waals surface area contributed by atoms with Gasteiger partial charge in [0.1, 0.15) is 22.8 Å². The number of fused-ring (bicyclic) bond motifs is 3. The second kappa shape index (κ2) is 10.6. The molecule has 5 rings (SSSR count). The summed E-state index contributed by atoms with van der Waals surface area (Å²) in [5.74, 6) is -5.19. The van der Waals surface area contributed by atoms with Crippen molar-refractivity contribution in [1.29, 1.82) is 0 Å². The maximum atomic E-state index is 14.3. The summed E-state index contributed by atoms with van der Waals surface area (Å²) in [5.41, 5.74) is -1.41. The van der Waals surface area contributed by atoms with Crippen LogP contribution < -0.4 is 0 Å². The minimum absolute atomic E-state index is 0.0170. The molecule has 0 aliphatic heterocycles. The lowest BCUT2D eigenvalue weighted by molar-refractivity contribution is -0.171. The van der Waals surface area contributed by atoms with E-state index in [0.29, 0.717) is 5.56 Å². The Bertz CT molecular complexity index is 1690. The molecule has 0 heterocycles. The molecule has 0 spiro atoms. The van der Waals surface area contributed by atoms with Crippen LogP contribution in [0.1, 0.15) is 82.3 Å². The van der Waals surface area contributed by atoms with Crippen LogP contribution in [0.3, 0.4) is 0 Å². The summed E-state index contributed by atoms with van der Waals surface area (Å²) in [6, 6.07) is 11.2. The number of rotatable bonds is 7. The number of benzene rings is 2. The van der Waals surface area contributed by atoms with Gasteiger partial charge >= 0.3 is 0 Å². The first kappa shape index (κ1) is 31.5. The molecule has 4 atom stereocenters. The van der Waals surface area contributed by atoms with Crippen LogP contribution >= 0.6 is 0 Å². The molecule has 0 fully saturated rings. The van der Waals surface area contributed by atoms with Gasteiger partial charge in [0.2, 0.25) is 5.78 Å². The van der Waals surface area contributed by atoms with Crippen molar-refractivity contribution in [3.63, 3.8) is 0 Å². The Balaban J connectivity index is 1.73. The minimum Gasteiger partial charge on any atom is -0.511 e. The van der Waals surface area contributed by atoms with Gasteiger partial charge < -0.3 is 20.4 Å². The van der Waals surface area contributed by atoms with Gasteiger partial charge in [-0.2, -0.15) is 0 Å². The van der Waals surface area contributed by atoms with E-state index < -0.39 is 56.8 Å². The molecule has 0 bridgehead atoms. The molecule has 4 N–H and O–H groups in total. The van der Waals surface area contributed by atoms with Crippen LogP contribution in [0.5, 0.6) is 5.75 Å². The van der Waals surface area contributed by atoms with E-state index in [1.165, 1.54) is 6.07 Å². The normalized spacial score (nSPS) is 28.1. The summed E-state index contributed by atoms with van der Waals surface area (Å²) in [5, 5.41) is 46.4. The van der Waals surface area contributed by atoms with Gasteiger partial charge in [-0.25, -0.2) is 0 Å². The first-order chi connectivity index (χ1) is 20.5. The van der Waals surface area contributed by atoms with Gasteiger partial charge in [0, 0.05) is 22.3 Å². The van der Waals surface area contributed by atoms with E-state index in [-0.39, 0.29) is 35.6 Å². The molecule has 7 heteroatoms. The lowest BCUT2D eigenvalue weighted by Crippen LogP contribution is -2.67. The highest BCUT2D eigenvalue weighted by atomic mass is 16.3. The lowest BCUT2D eigenvalue weighted by Gasteiger charge is -2.59. The molecule has 0 radical (unpaired) electrons. The highest BCUT2D eigenvalue weighted by molar-refractivity contribution is 6.25. The maximum Gasteiger partial charge on any atom is 0.209 e. The number of Topliss-reactive ketones (excluding diaryl/α,β-unsaturated/α-hetero) is 3. The summed E-state index contributed by atoms with van der Waals surface area (Å²) in [4.78, 5) is 40.8. The quantitative estimate of drug-likeness (QED) is 0.201. The van der Waals surface area contributed by atoms with Crippen LogP contribution in [0.25, 0.3) is 11.1 Å². The average molecular weight is 599 g/mol. The number of ketones is 3. The molecule has 44 heavy (non-hydrogen) atoms. The van der Waals surface area contributed by atoms with Crippen LogP contribution in [0.2, 0.25) is 0 Å². The zero-order valence-corrected chi connectivity index (χ0v) is 26.4. The molecule has 2 aromatic rings. The van der Waals surface area contributed by atoms with E-state index >= 15 is 0 Å². The third-order valence-electron chi connectivity index (χ3n) is 10.2. The molecule has 3 aliphatic carbocycles. The van der Waals surface area contributed by atoms with Crippen molar-refractivity contribution in [3.8, 4) is 16.9 Å². The number of aromatic hydroxyl groups is 1.